The number of nitrogens with zero attached hydrogens (tertiary/aromatic N) is 3. The summed E-state index contributed by atoms with van der Waals surface area (Å²) in [6, 6.07) is 3.31. The summed E-state index contributed by atoms with van der Waals surface area (Å²) in [5, 5.41) is 7.00. The summed E-state index contributed by atoms with van der Waals surface area (Å²) in [7, 11) is 0. The van der Waals surface area contributed by atoms with E-state index < -0.39 is 23.6 Å². The van der Waals surface area contributed by atoms with Gasteiger partial charge in [0, 0.05) is 35.5 Å². The predicted molar refractivity (Wildman–Crippen MR) is 164 cm³/mol. The van der Waals surface area contributed by atoms with Crippen LogP contribution in [0.3, 0.4) is 0 Å². The van der Waals surface area contributed by atoms with Crippen molar-refractivity contribution in [3.63, 3.8) is 0 Å². The number of aryl methyl sites for hydroxylation is 1. The lowest BCUT2D eigenvalue weighted by Gasteiger charge is -2.49. The Kier molecular flexibility index (Phi) is 7.71. The maximum atomic E-state index is 15.8. The maximum Gasteiger partial charge on any atom is 0.414 e. The van der Waals surface area contributed by atoms with Gasteiger partial charge in [-0.05, 0) is 108 Å². The number of benzene rings is 1. The number of hydrogen-bond acceptors (Lipinski definition) is 7. The molecule has 1 spiro atoms. The molecule has 1 aromatic carbocycles. The Balaban J connectivity index is 1.26. The minimum absolute atomic E-state index is 0.0861. The highest BCUT2D eigenvalue weighted by Gasteiger charge is 2.46. The van der Waals surface area contributed by atoms with Crippen LogP contribution in [0.15, 0.2) is 24.5 Å². The number of aromatic nitrogens is 2. The topological polar surface area (TPSA) is 106 Å². The Hall–Kier alpha value is -3.50. The summed E-state index contributed by atoms with van der Waals surface area (Å²) >= 11 is 6.52. The molecule has 0 unspecified atom stereocenters. The third-order valence-electron chi connectivity index (χ3n) is 8.74. The fourth-order valence-corrected chi connectivity index (χ4v) is 6.87. The van der Waals surface area contributed by atoms with Crippen molar-refractivity contribution in [3.8, 4) is 11.1 Å². The molecule has 4 heterocycles. The van der Waals surface area contributed by atoms with E-state index in [4.69, 9.17) is 21.1 Å². The molecular formula is C32H37ClFN5O4. The molecule has 3 aliphatic rings. The van der Waals surface area contributed by atoms with E-state index in [0.717, 1.165) is 50.9 Å². The lowest BCUT2D eigenvalue weighted by Crippen LogP contribution is -2.49. The molecule has 2 fully saturated rings. The molecule has 0 radical (unpaired) electrons. The second-order valence-electron chi connectivity index (χ2n) is 13.0. The third kappa shape index (κ3) is 5.87. The number of carbonyl (C=O) groups is 2. The van der Waals surface area contributed by atoms with Gasteiger partial charge >= 0.3 is 12.2 Å². The standard InChI is InChI=1S/C32H37ClFN5O4/c1-18-22(16-36-24-6-5-11-39(28(18)24)30(41)43-31(2,3)4)21-12-19-13-25(37-17-23(19)26(33)27(21)34)38-29(40)42-20-14-32(15-20)7-9-35-10-8-32/h12-13,16-17,20,35H,5-11,14-15H2,1-4H3,(H,37,38,40). The lowest BCUT2D eigenvalue weighted by molar-refractivity contribution is -0.0539. The van der Waals surface area contributed by atoms with Crippen molar-refractivity contribution in [1.82, 2.24) is 15.3 Å². The molecule has 228 valence electrons. The number of nitrogens with one attached hydrogen (secondary N) is 2. The second kappa shape index (κ2) is 11.2. The fourth-order valence-electron chi connectivity index (χ4n) is 6.61. The van der Waals surface area contributed by atoms with Crippen LogP contribution < -0.4 is 15.5 Å². The number of anilines is 2. The van der Waals surface area contributed by atoms with Crippen LogP contribution in [-0.4, -0.2) is 53.5 Å². The average Bonchev–Trinajstić information content (AvgIpc) is 2.94. The molecule has 2 N–H and O–H groups in total. The van der Waals surface area contributed by atoms with Gasteiger partial charge < -0.3 is 14.8 Å². The quantitative estimate of drug-likeness (QED) is 0.324. The van der Waals surface area contributed by atoms with Gasteiger partial charge in [0.25, 0.3) is 0 Å². The number of ether oxygens (including phenoxy) is 2. The predicted octanol–water partition coefficient (Wildman–Crippen LogP) is 7.17. The van der Waals surface area contributed by atoms with Gasteiger partial charge in [-0.15, -0.1) is 0 Å². The van der Waals surface area contributed by atoms with E-state index in [-0.39, 0.29) is 22.5 Å². The monoisotopic (exact) mass is 609 g/mol. The van der Waals surface area contributed by atoms with Crippen LogP contribution >= 0.6 is 11.6 Å². The number of halogens is 2. The molecular weight excluding hydrogens is 573 g/mol. The highest BCUT2D eigenvalue weighted by atomic mass is 35.5. The second-order valence-corrected chi connectivity index (χ2v) is 13.4. The van der Waals surface area contributed by atoms with Crippen molar-refractivity contribution in [2.24, 2.45) is 5.41 Å². The molecule has 2 amide bonds. The average molecular weight is 610 g/mol. The molecule has 11 heteroatoms. The number of pyridine rings is 2. The molecule has 6 rings (SSSR count). The summed E-state index contributed by atoms with van der Waals surface area (Å²) in [4.78, 5) is 36.2. The minimum Gasteiger partial charge on any atom is -0.446 e. The zero-order valence-corrected chi connectivity index (χ0v) is 25.7. The van der Waals surface area contributed by atoms with Crippen molar-refractivity contribution >= 4 is 46.1 Å². The molecule has 3 aromatic rings. The Bertz CT molecular complexity index is 1590. The van der Waals surface area contributed by atoms with Gasteiger partial charge in [0.1, 0.15) is 23.3 Å². The Labute approximate surface area is 255 Å². The molecule has 2 aliphatic heterocycles. The van der Waals surface area contributed by atoms with E-state index >= 15 is 4.39 Å². The maximum absolute atomic E-state index is 15.8. The summed E-state index contributed by atoms with van der Waals surface area (Å²) in [5.41, 5.74) is 2.48. The largest absolute Gasteiger partial charge is 0.446 e. The van der Waals surface area contributed by atoms with Crippen molar-refractivity contribution < 1.29 is 23.5 Å². The third-order valence-corrected chi connectivity index (χ3v) is 9.11. The smallest absolute Gasteiger partial charge is 0.414 e. The van der Waals surface area contributed by atoms with Crippen LogP contribution in [-0.2, 0) is 15.9 Å². The first-order valence-electron chi connectivity index (χ1n) is 14.9. The van der Waals surface area contributed by atoms with E-state index in [1.54, 1.807) is 23.2 Å². The molecule has 1 saturated heterocycles. The van der Waals surface area contributed by atoms with Crippen LogP contribution in [0.4, 0.5) is 25.5 Å². The Morgan fingerprint density at radius 2 is 1.88 bits per heavy atom. The lowest BCUT2D eigenvalue weighted by atomic mass is 9.62. The molecule has 1 saturated carbocycles. The van der Waals surface area contributed by atoms with Gasteiger partial charge in [-0.1, -0.05) is 11.6 Å². The minimum atomic E-state index is -0.662. The van der Waals surface area contributed by atoms with Crippen molar-refractivity contribution in [1.29, 1.82) is 0 Å². The summed E-state index contributed by atoms with van der Waals surface area (Å²) < 4.78 is 27.1. The number of rotatable bonds is 3. The van der Waals surface area contributed by atoms with E-state index in [1.165, 1.54) is 6.20 Å². The molecule has 2 aromatic heterocycles. The molecule has 0 bridgehead atoms. The van der Waals surface area contributed by atoms with E-state index in [2.05, 4.69) is 20.6 Å². The normalized spacial score (nSPS) is 18.2. The van der Waals surface area contributed by atoms with E-state index in [0.29, 0.717) is 46.0 Å². The fraction of sp³-hybridized carbons (Fsp3) is 0.500. The van der Waals surface area contributed by atoms with Gasteiger partial charge in [0.2, 0.25) is 0 Å². The SMILES string of the molecule is Cc1c(-c2cc3cc(NC(=O)OC4CC5(CCNCC5)C4)ncc3c(Cl)c2F)cnc2c1N(C(=O)OC(C)(C)C)CCC2. The van der Waals surface area contributed by atoms with Crippen LogP contribution in [0.2, 0.25) is 5.02 Å². The highest BCUT2D eigenvalue weighted by Crippen LogP contribution is 2.49. The molecule has 1 aliphatic carbocycles. The number of fused-ring (bicyclic) bond motifs is 2. The van der Waals surface area contributed by atoms with Gasteiger partial charge in [0.05, 0.1) is 16.4 Å². The van der Waals surface area contributed by atoms with E-state index in [1.807, 2.05) is 27.7 Å². The first-order chi connectivity index (χ1) is 20.4. The number of amides is 2. The number of hydrogen-bond donors (Lipinski definition) is 2. The van der Waals surface area contributed by atoms with Crippen molar-refractivity contribution in [3.05, 3.63) is 46.6 Å². The van der Waals surface area contributed by atoms with E-state index in [9.17, 15) is 9.59 Å². The van der Waals surface area contributed by atoms with Crippen LogP contribution in [0.5, 0.6) is 0 Å². The van der Waals surface area contributed by atoms with Crippen molar-refractivity contribution in [2.75, 3.05) is 29.9 Å². The van der Waals surface area contributed by atoms with Gasteiger partial charge in [0.15, 0.2) is 0 Å². The van der Waals surface area contributed by atoms with Crippen LogP contribution in [0.25, 0.3) is 21.9 Å². The number of piperidine rings is 1. The zero-order chi connectivity index (χ0) is 30.5. The van der Waals surface area contributed by atoms with Crippen LogP contribution in [0, 0.1) is 18.2 Å². The van der Waals surface area contributed by atoms with Gasteiger partial charge in [-0.2, -0.15) is 0 Å². The van der Waals surface area contributed by atoms with Crippen LogP contribution in [0.1, 0.15) is 64.1 Å². The summed E-state index contributed by atoms with van der Waals surface area (Å²) in [6.45, 7) is 9.80. The number of carbonyl (C=O) groups excluding carboxylic acids is 2. The Morgan fingerprint density at radius 3 is 2.60 bits per heavy atom. The first-order valence-corrected chi connectivity index (χ1v) is 15.3. The first kappa shape index (κ1) is 29.6. The van der Waals surface area contributed by atoms with Crippen molar-refractivity contribution in [2.45, 2.75) is 77.9 Å². The Morgan fingerprint density at radius 1 is 1.14 bits per heavy atom. The molecule has 0 atom stereocenters. The summed E-state index contributed by atoms with van der Waals surface area (Å²) in [6.07, 6.45) is 7.36. The summed E-state index contributed by atoms with van der Waals surface area (Å²) in [5.74, 6) is -0.337. The van der Waals surface area contributed by atoms with Gasteiger partial charge in [-0.25, -0.2) is 19.0 Å². The molecule has 43 heavy (non-hydrogen) atoms. The highest BCUT2D eigenvalue weighted by molar-refractivity contribution is 6.36. The molecule has 9 nitrogen and oxygen atoms in total. The van der Waals surface area contributed by atoms with Gasteiger partial charge in [-0.3, -0.25) is 15.2 Å². The zero-order valence-electron chi connectivity index (χ0n) is 25.0.